The molecule has 108 valence electrons. The molecule has 0 aliphatic rings. The maximum absolute atomic E-state index is 11.1. The maximum Gasteiger partial charge on any atom is 0.219 e. The van der Waals surface area contributed by atoms with Crippen LogP contribution in [-0.2, 0) is 14.3 Å². The number of carbonyl (C=O) groups excluding carboxylic acids is 1. The zero-order chi connectivity index (χ0) is 14.2. The molecule has 4 heteroatoms. The van der Waals surface area contributed by atoms with Gasteiger partial charge in [0.25, 0.3) is 0 Å². The number of carbonyl (C=O) groups is 1. The van der Waals surface area contributed by atoms with E-state index in [2.05, 4.69) is 33.0 Å². The molecule has 0 bridgehead atoms. The van der Waals surface area contributed by atoms with Crippen LogP contribution in [0, 0.1) is 0 Å². The number of rotatable bonds is 9. The van der Waals surface area contributed by atoms with E-state index in [-0.39, 0.29) is 17.1 Å². The molecular weight excluding hydrogens is 230 g/mol. The van der Waals surface area contributed by atoms with E-state index in [1.165, 1.54) is 0 Å². The van der Waals surface area contributed by atoms with E-state index in [4.69, 9.17) is 9.47 Å². The van der Waals surface area contributed by atoms with Gasteiger partial charge in [-0.3, -0.25) is 4.79 Å². The van der Waals surface area contributed by atoms with Crippen molar-refractivity contribution in [2.75, 3.05) is 20.8 Å². The minimum absolute atomic E-state index is 0.0892. The van der Waals surface area contributed by atoms with Crippen molar-refractivity contribution >= 4 is 5.91 Å². The van der Waals surface area contributed by atoms with Gasteiger partial charge in [-0.05, 0) is 47.0 Å². The Morgan fingerprint density at radius 2 is 1.72 bits per heavy atom. The molecule has 18 heavy (non-hydrogen) atoms. The molecule has 1 N–H and O–H groups in total. The second-order valence-electron chi connectivity index (χ2n) is 5.85. The van der Waals surface area contributed by atoms with Crippen LogP contribution in [0.4, 0.5) is 0 Å². The minimum atomic E-state index is -0.183. The Balaban J connectivity index is 3.83. The van der Waals surface area contributed by atoms with E-state index in [1.54, 1.807) is 14.2 Å². The summed E-state index contributed by atoms with van der Waals surface area (Å²) in [5.41, 5.74) is -0.323. The van der Waals surface area contributed by atoms with Crippen LogP contribution in [0.2, 0.25) is 0 Å². The summed E-state index contributed by atoms with van der Waals surface area (Å²) in [6.07, 6.45) is 3.16. The summed E-state index contributed by atoms with van der Waals surface area (Å²) in [4.78, 5) is 11.1. The molecule has 0 fully saturated rings. The van der Waals surface area contributed by atoms with Crippen LogP contribution in [0.3, 0.4) is 0 Å². The number of methoxy groups -OCH3 is 1. The van der Waals surface area contributed by atoms with Gasteiger partial charge >= 0.3 is 0 Å². The molecule has 0 spiro atoms. The van der Waals surface area contributed by atoms with Gasteiger partial charge < -0.3 is 14.8 Å². The molecule has 1 amide bonds. The predicted octanol–water partition coefficient (Wildman–Crippen LogP) is 2.51. The highest BCUT2D eigenvalue weighted by Gasteiger charge is 2.21. The SMILES string of the molecule is CNC(=O)CCCC(C)(C)OCCC(C)(C)OC. The van der Waals surface area contributed by atoms with Crippen molar-refractivity contribution in [2.24, 2.45) is 0 Å². The van der Waals surface area contributed by atoms with E-state index in [0.717, 1.165) is 19.3 Å². The van der Waals surface area contributed by atoms with Gasteiger partial charge in [0.05, 0.1) is 17.8 Å². The Morgan fingerprint density at radius 3 is 2.22 bits per heavy atom. The third kappa shape index (κ3) is 8.48. The summed E-state index contributed by atoms with van der Waals surface area (Å²) in [6.45, 7) is 8.91. The smallest absolute Gasteiger partial charge is 0.219 e. The highest BCUT2D eigenvalue weighted by Crippen LogP contribution is 2.20. The second-order valence-corrected chi connectivity index (χ2v) is 5.85. The molecule has 0 aromatic heterocycles. The number of hydrogen-bond donors (Lipinski definition) is 1. The Hall–Kier alpha value is -0.610. The van der Waals surface area contributed by atoms with Gasteiger partial charge in [-0.2, -0.15) is 0 Å². The summed E-state index contributed by atoms with van der Waals surface area (Å²) >= 11 is 0. The zero-order valence-corrected chi connectivity index (χ0v) is 12.8. The van der Waals surface area contributed by atoms with Crippen LogP contribution in [0.25, 0.3) is 0 Å². The standard InChI is InChI=1S/C14H29NO3/c1-13(2,17-6)10-11-18-14(3,4)9-7-8-12(16)15-5/h7-11H2,1-6H3,(H,15,16). The van der Waals surface area contributed by atoms with Crippen LogP contribution in [0.1, 0.15) is 53.4 Å². The Bertz CT molecular complexity index is 249. The summed E-state index contributed by atoms with van der Waals surface area (Å²) in [6, 6.07) is 0. The molecule has 0 aromatic rings. The zero-order valence-electron chi connectivity index (χ0n) is 12.8. The molecule has 0 radical (unpaired) electrons. The van der Waals surface area contributed by atoms with Crippen molar-refractivity contribution in [3.63, 3.8) is 0 Å². The third-order valence-electron chi connectivity index (χ3n) is 3.21. The molecule has 4 nitrogen and oxygen atoms in total. The fourth-order valence-electron chi connectivity index (χ4n) is 1.55. The van der Waals surface area contributed by atoms with Gasteiger partial charge in [0.15, 0.2) is 0 Å². The van der Waals surface area contributed by atoms with Gasteiger partial charge in [-0.15, -0.1) is 0 Å². The molecular formula is C14H29NO3. The lowest BCUT2D eigenvalue weighted by molar-refractivity contribution is -0.121. The number of ether oxygens (including phenoxy) is 2. The fourth-order valence-corrected chi connectivity index (χ4v) is 1.55. The van der Waals surface area contributed by atoms with Crippen molar-refractivity contribution in [3.8, 4) is 0 Å². The second kappa shape index (κ2) is 7.74. The summed E-state index contributed by atoms with van der Waals surface area (Å²) < 4.78 is 11.2. The quantitative estimate of drug-likeness (QED) is 0.692. The van der Waals surface area contributed by atoms with Gasteiger partial charge in [-0.1, -0.05) is 0 Å². The van der Waals surface area contributed by atoms with Crippen molar-refractivity contribution < 1.29 is 14.3 Å². The largest absolute Gasteiger partial charge is 0.379 e. The molecule has 0 unspecified atom stereocenters. The van der Waals surface area contributed by atoms with Crippen molar-refractivity contribution in [1.82, 2.24) is 5.32 Å². The number of nitrogens with one attached hydrogen (secondary N) is 1. The average molecular weight is 259 g/mol. The highest BCUT2D eigenvalue weighted by atomic mass is 16.5. The lowest BCUT2D eigenvalue weighted by atomic mass is 10.0. The molecule has 0 aliphatic heterocycles. The fraction of sp³-hybridized carbons (Fsp3) is 0.929. The van der Waals surface area contributed by atoms with Crippen LogP contribution >= 0.6 is 0 Å². The van der Waals surface area contributed by atoms with E-state index in [0.29, 0.717) is 13.0 Å². The normalized spacial score (nSPS) is 12.6. The average Bonchev–Trinajstić information content (AvgIpc) is 2.28. The molecule has 0 aliphatic carbocycles. The Kier molecular flexibility index (Phi) is 7.48. The first-order valence-electron chi connectivity index (χ1n) is 6.62. The lowest BCUT2D eigenvalue weighted by Gasteiger charge is -2.28. The van der Waals surface area contributed by atoms with Crippen molar-refractivity contribution in [3.05, 3.63) is 0 Å². The van der Waals surface area contributed by atoms with Crippen LogP contribution in [0.5, 0.6) is 0 Å². The van der Waals surface area contributed by atoms with Crippen LogP contribution < -0.4 is 5.32 Å². The Morgan fingerprint density at radius 1 is 1.11 bits per heavy atom. The van der Waals surface area contributed by atoms with Crippen molar-refractivity contribution in [2.45, 2.75) is 64.6 Å². The first kappa shape index (κ1) is 17.4. The van der Waals surface area contributed by atoms with E-state index in [1.807, 2.05) is 0 Å². The molecule has 0 atom stereocenters. The monoisotopic (exact) mass is 259 g/mol. The Labute approximate surface area is 111 Å². The number of hydrogen-bond acceptors (Lipinski definition) is 3. The molecule has 0 saturated heterocycles. The van der Waals surface area contributed by atoms with Gasteiger partial charge in [0.1, 0.15) is 0 Å². The molecule has 0 rings (SSSR count). The van der Waals surface area contributed by atoms with Crippen LogP contribution in [0.15, 0.2) is 0 Å². The van der Waals surface area contributed by atoms with Crippen molar-refractivity contribution in [1.29, 1.82) is 0 Å². The molecule has 0 saturated carbocycles. The van der Waals surface area contributed by atoms with Gasteiger partial charge in [-0.25, -0.2) is 0 Å². The summed E-state index contributed by atoms with van der Waals surface area (Å²) in [5.74, 6) is 0.0892. The van der Waals surface area contributed by atoms with Gasteiger partial charge in [0.2, 0.25) is 5.91 Å². The van der Waals surface area contributed by atoms with E-state index in [9.17, 15) is 4.79 Å². The van der Waals surface area contributed by atoms with Crippen LogP contribution in [-0.4, -0.2) is 37.9 Å². The first-order valence-corrected chi connectivity index (χ1v) is 6.62. The minimum Gasteiger partial charge on any atom is -0.379 e. The predicted molar refractivity (Wildman–Crippen MR) is 73.7 cm³/mol. The third-order valence-corrected chi connectivity index (χ3v) is 3.21. The first-order chi connectivity index (χ1) is 8.22. The number of amides is 1. The molecule has 0 aromatic carbocycles. The molecule has 0 heterocycles. The van der Waals surface area contributed by atoms with E-state index >= 15 is 0 Å². The highest BCUT2D eigenvalue weighted by molar-refractivity contribution is 5.75. The lowest BCUT2D eigenvalue weighted by Crippen LogP contribution is -2.30. The topological polar surface area (TPSA) is 47.6 Å². The summed E-state index contributed by atoms with van der Waals surface area (Å²) in [7, 11) is 3.38. The van der Waals surface area contributed by atoms with Gasteiger partial charge in [0, 0.05) is 20.6 Å². The maximum atomic E-state index is 11.1. The summed E-state index contributed by atoms with van der Waals surface area (Å²) in [5, 5.41) is 2.63. The van der Waals surface area contributed by atoms with E-state index < -0.39 is 0 Å².